The van der Waals surface area contributed by atoms with Gasteiger partial charge >= 0.3 is 0 Å². The summed E-state index contributed by atoms with van der Waals surface area (Å²) in [6.07, 6.45) is 1.08. The predicted molar refractivity (Wildman–Crippen MR) is 58.2 cm³/mol. The van der Waals surface area contributed by atoms with Gasteiger partial charge in [-0.3, -0.25) is 0 Å². The molecule has 0 aliphatic carbocycles. The molecule has 0 fully saturated rings. The number of hydrogen-bond donors (Lipinski definition) is 0. The second-order valence-corrected chi connectivity index (χ2v) is 4.14. The maximum absolute atomic E-state index is 13.4. The summed E-state index contributed by atoms with van der Waals surface area (Å²) in [7, 11) is 3.84. The molecule has 1 rings (SSSR count). The molecule has 0 saturated carbocycles. The van der Waals surface area contributed by atoms with Crippen LogP contribution in [0.1, 0.15) is 12.0 Å². The summed E-state index contributed by atoms with van der Waals surface area (Å²) in [5.41, 5.74) is 0.0874. The Kier molecular flexibility index (Phi) is 4.48. The summed E-state index contributed by atoms with van der Waals surface area (Å²) >= 11 is 5.58. The normalized spacial score (nSPS) is 11.1. The summed E-state index contributed by atoms with van der Waals surface area (Å²) in [6, 6.07) is 2.44. The molecular formula is C11H14ClF2N. The van der Waals surface area contributed by atoms with Crippen LogP contribution in [-0.4, -0.2) is 25.5 Å². The quantitative estimate of drug-likeness (QED) is 0.723. The van der Waals surface area contributed by atoms with Crippen molar-refractivity contribution in [2.45, 2.75) is 12.8 Å². The molecule has 0 heterocycles. The highest BCUT2D eigenvalue weighted by Gasteiger charge is 2.11. The van der Waals surface area contributed by atoms with Crippen LogP contribution in [0, 0.1) is 11.6 Å². The molecule has 0 aliphatic heterocycles. The first-order valence-electron chi connectivity index (χ1n) is 4.79. The first-order chi connectivity index (χ1) is 7.02. The third-order valence-electron chi connectivity index (χ3n) is 2.17. The van der Waals surface area contributed by atoms with Gasteiger partial charge in [-0.1, -0.05) is 11.6 Å². The zero-order chi connectivity index (χ0) is 11.4. The highest BCUT2D eigenvalue weighted by atomic mass is 35.5. The standard InChI is InChI=1S/C11H14ClF2N/c1-15(2)7-3-4-8-10(13)6-5-9(12)11(8)14/h5-6H,3-4,7H2,1-2H3. The molecule has 84 valence electrons. The zero-order valence-electron chi connectivity index (χ0n) is 8.86. The molecule has 4 heteroatoms. The van der Waals surface area contributed by atoms with E-state index in [0.717, 1.165) is 6.54 Å². The lowest BCUT2D eigenvalue weighted by molar-refractivity contribution is 0.397. The molecule has 0 unspecified atom stereocenters. The van der Waals surface area contributed by atoms with E-state index in [2.05, 4.69) is 0 Å². The molecule has 0 amide bonds. The van der Waals surface area contributed by atoms with Crippen LogP contribution in [-0.2, 0) is 6.42 Å². The highest BCUT2D eigenvalue weighted by Crippen LogP contribution is 2.22. The van der Waals surface area contributed by atoms with Crippen molar-refractivity contribution in [2.75, 3.05) is 20.6 Å². The Morgan fingerprint density at radius 1 is 1.27 bits per heavy atom. The molecule has 0 atom stereocenters. The Bertz CT molecular complexity index is 340. The number of hydrogen-bond acceptors (Lipinski definition) is 1. The first-order valence-corrected chi connectivity index (χ1v) is 5.17. The number of rotatable bonds is 4. The van der Waals surface area contributed by atoms with Crippen LogP contribution in [0.2, 0.25) is 5.02 Å². The van der Waals surface area contributed by atoms with Crippen molar-refractivity contribution in [3.05, 3.63) is 34.4 Å². The molecule has 15 heavy (non-hydrogen) atoms. The third-order valence-corrected chi connectivity index (χ3v) is 2.46. The molecule has 0 N–H and O–H groups in total. The fourth-order valence-electron chi connectivity index (χ4n) is 1.37. The zero-order valence-corrected chi connectivity index (χ0v) is 9.61. The van der Waals surface area contributed by atoms with Crippen LogP contribution in [0.15, 0.2) is 12.1 Å². The summed E-state index contributed by atoms with van der Waals surface area (Å²) in [5, 5.41) is -0.0174. The van der Waals surface area contributed by atoms with E-state index in [0.29, 0.717) is 12.8 Å². The monoisotopic (exact) mass is 233 g/mol. The smallest absolute Gasteiger partial charge is 0.147 e. The SMILES string of the molecule is CN(C)CCCc1c(F)ccc(Cl)c1F. The average molecular weight is 234 g/mol. The molecule has 0 aromatic heterocycles. The molecule has 0 bridgehead atoms. The Morgan fingerprint density at radius 3 is 2.53 bits per heavy atom. The van der Waals surface area contributed by atoms with E-state index in [4.69, 9.17) is 11.6 Å². The van der Waals surface area contributed by atoms with Gasteiger partial charge in [0.15, 0.2) is 0 Å². The molecule has 0 radical (unpaired) electrons. The lowest BCUT2D eigenvalue weighted by Crippen LogP contribution is -2.14. The molecule has 0 saturated heterocycles. The van der Waals surface area contributed by atoms with Gasteiger partial charge in [0.05, 0.1) is 5.02 Å². The minimum Gasteiger partial charge on any atom is -0.309 e. The van der Waals surface area contributed by atoms with Gasteiger partial charge in [0.1, 0.15) is 11.6 Å². The third kappa shape index (κ3) is 3.43. The fraction of sp³-hybridized carbons (Fsp3) is 0.455. The molecule has 0 aliphatic rings. The topological polar surface area (TPSA) is 3.24 Å². The molecule has 0 spiro atoms. The van der Waals surface area contributed by atoms with Crippen LogP contribution >= 0.6 is 11.6 Å². The van der Waals surface area contributed by atoms with Crippen molar-refractivity contribution in [1.82, 2.24) is 4.90 Å². The van der Waals surface area contributed by atoms with Gasteiger partial charge in [0, 0.05) is 5.56 Å². The van der Waals surface area contributed by atoms with Gasteiger partial charge in [0.25, 0.3) is 0 Å². The van der Waals surface area contributed by atoms with Crippen LogP contribution in [0.5, 0.6) is 0 Å². The maximum atomic E-state index is 13.4. The van der Waals surface area contributed by atoms with Crippen molar-refractivity contribution < 1.29 is 8.78 Å². The van der Waals surface area contributed by atoms with Crippen LogP contribution in [0.3, 0.4) is 0 Å². The van der Waals surface area contributed by atoms with Gasteiger partial charge in [-0.2, -0.15) is 0 Å². The predicted octanol–water partition coefficient (Wildman–Crippen LogP) is 3.11. The summed E-state index contributed by atoms with van der Waals surface area (Å²) < 4.78 is 26.6. The molecule has 1 aromatic carbocycles. The lowest BCUT2D eigenvalue weighted by atomic mass is 10.1. The van der Waals surface area contributed by atoms with Crippen molar-refractivity contribution >= 4 is 11.6 Å². The molecular weight excluding hydrogens is 220 g/mol. The summed E-state index contributed by atoms with van der Waals surface area (Å²) in [5.74, 6) is -1.15. The molecule has 1 nitrogen and oxygen atoms in total. The van der Waals surface area contributed by atoms with E-state index >= 15 is 0 Å². The average Bonchev–Trinajstić information content (AvgIpc) is 2.17. The van der Waals surface area contributed by atoms with Gasteiger partial charge < -0.3 is 4.90 Å². The van der Waals surface area contributed by atoms with E-state index in [1.165, 1.54) is 12.1 Å². The van der Waals surface area contributed by atoms with Crippen molar-refractivity contribution in [3.63, 3.8) is 0 Å². The van der Waals surface area contributed by atoms with Gasteiger partial charge in [-0.25, -0.2) is 8.78 Å². The van der Waals surface area contributed by atoms with Crippen molar-refractivity contribution in [2.24, 2.45) is 0 Å². The highest BCUT2D eigenvalue weighted by molar-refractivity contribution is 6.30. The molecule has 1 aromatic rings. The lowest BCUT2D eigenvalue weighted by Gasteiger charge is -2.10. The second kappa shape index (κ2) is 5.42. The number of benzene rings is 1. The number of halogens is 3. The largest absolute Gasteiger partial charge is 0.309 e. The van der Waals surface area contributed by atoms with Crippen LogP contribution < -0.4 is 0 Å². The van der Waals surface area contributed by atoms with Gasteiger partial charge in [0.2, 0.25) is 0 Å². The Hall–Kier alpha value is -0.670. The summed E-state index contributed by atoms with van der Waals surface area (Å²) in [6.45, 7) is 0.797. The number of nitrogens with zero attached hydrogens (tertiary/aromatic N) is 1. The van der Waals surface area contributed by atoms with E-state index < -0.39 is 11.6 Å². The van der Waals surface area contributed by atoms with Crippen LogP contribution in [0.25, 0.3) is 0 Å². The Labute approximate surface area is 93.7 Å². The minimum atomic E-state index is -0.629. The van der Waals surface area contributed by atoms with Crippen LogP contribution in [0.4, 0.5) is 8.78 Å². The fourth-order valence-corrected chi connectivity index (χ4v) is 1.55. The van der Waals surface area contributed by atoms with Gasteiger partial charge in [-0.15, -0.1) is 0 Å². The maximum Gasteiger partial charge on any atom is 0.147 e. The minimum absolute atomic E-state index is 0.0174. The van der Waals surface area contributed by atoms with E-state index in [1.54, 1.807) is 0 Å². The van der Waals surface area contributed by atoms with Crippen molar-refractivity contribution in [3.8, 4) is 0 Å². The van der Waals surface area contributed by atoms with Gasteiger partial charge in [-0.05, 0) is 45.6 Å². The second-order valence-electron chi connectivity index (χ2n) is 3.73. The van der Waals surface area contributed by atoms with E-state index in [9.17, 15) is 8.78 Å². The Balaban J connectivity index is 2.71. The Morgan fingerprint density at radius 2 is 1.93 bits per heavy atom. The van der Waals surface area contributed by atoms with Crippen molar-refractivity contribution in [1.29, 1.82) is 0 Å². The van der Waals surface area contributed by atoms with E-state index in [1.807, 2.05) is 19.0 Å². The summed E-state index contributed by atoms with van der Waals surface area (Å²) in [4.78, 5) is 1.97. The van der Waals surface area contributed by atoms with E-state index in [-0.39, 0.29) is 10.6 Å². The first kappa shape index (κ1) is 12.4.